The van der Waals surface area contributed by atoms with E-state index in [0.717, 1.165) is 62.9 Å². The van der Waals surface area contributed by atoms with Gasteiger partial charge in [0.15, 0.2) is 8.32 Å². The van der Waals surface area contributed by atoms with Crippen LogP contribution in [-0.2, 0) is 26.3 Å². The molecule has 1 N–H and O–H groups in total. The minimum atomic E-state index is -3.89. The van der Waals surface area contributed by atoms with Crippen LogP contribution in [0.25, 0.3) is 0 Å². The monoisotopic (exact) mass is 783 g/mol. The molecular weight excluding hydrogens is 722 g/mol. The maximum atomic E-state index is 13.7. The van der Waals surface area contributed by atoms with E-state index < -0.39 is 29.5 Å². The van der Waals surface area contributed by atoms with E-state index in [9.17, 15) is 13.2 Å². The van der Waals surface area contributed by atoms with E-state index in [0.29, 0.717) is 60.7 Å². The summed E-state index contributed by atoms with van der Waals surface area (Å²) in [5.74, 6) is 0.785. The number of nitrogens with one attached hydrogen (secondary N) is 1. The molecule has 0 bridgehead atoms. The smallest absolute Gasteiger partial charge is 0.264 e. The Morgan fingerprint density at radius 2 is 1.98 bits per heavy atom. The Kier molecular flexibility index (Phi) is 13.3. The van der Waals surface area contributed by atoms with Gasteiger partial charge in [0.2, 0.25) is 10.0 Å². The number of nitrogens with zero attached hydrogens (tertiary/aromatic N) is 2. The van der Waals surface area contributed by atoms with Crippen molar-refractivity contribution in [3.8, 4) is 5.75 Å². The number of rotatable bonds is 15. The third-order valence-electron chi connectivity index (χ3n) is 12.3. The van der Waals surface area contributed by atoms with Gasteiger partial charge in [-0.2, -0.15) is 0 Å². The van der Waals surface area contributed by atoms with E-state index in [-0.39, 0.29) is 16.6 Å². The van der Waals surface area contributed by atoms with Crippen LogP contribution in [0.5, 0.6) is 5.75 Å². The number of carbonyl (C=O) groups excluding carboxylic acids is 1. The first-order valence-corrected chi connectivity index (χ1v) is 24.6. The van der Waals surface area contributed by atoms with E-state index in [4.69, 9.17) is 25.7 Å². The normalized spacial score (nSPS) is 23.0. The zero-order chi connectivity index (χ0) is 38.6. The highest BCUT2D eigenvalue weighted by Crippen LogP contribution is 2.48. The van der Waals surface area contributed by atoms with E-state index in [1.807, 2.05) is 25.1 Å². The van der Waals surface area contributed by atoms with Crippen molar-refractivity contribution in [1.29, 1.82) is 0 Å². The third-order valence-corrected chi connectivity index (χ3v) is 18.9. The number of benzene rings is 1. The van der Waals surface area contributed by atoms with Crippen LogP contribution in [0, 0.1) is 11.8 Å². The number of pyridine rings is 1. The molecule has 8 nitrogen and oxygen atoms in total. The molecule has 5 atom stereocenters. The zero-order valence-electron chi connectivity index (χ0n) is 33.0. The van der Waals surface area contributed by atoms with Crippen LogP contribution in [0.1, 0.15) is 114 Å². The summed E-state index contributed by atoms with van der Waals surface area (Å²) in [5, 5.41) is -0.0892. The lowest BCUT2D eigenvalue weighted by Gasteiger charge is -2.48. The van der Waals surface area contributed by atoms with Gasteiger partial charge < -0.3 is 14.1 Å². The molecule has 0 unspecified atom stereocenters. The highest BCUT2D eigenvalue weighted by Gasteiger charge is 2.47. The largest absolute Gasteiger partial charge is 0.490 e. The van der Waals surface area contributed by atoms with Crippen molar-refractivity contribution in [3.63, 3.8) is 0 Å². The van der Waals surface area contributed by atoms with E-state index in [2.05, 4.69) is 75.2 Å². The molecule has 2 heterocycles. The minimum absolute atomic E-state index is 0.0366. The number of halogens is 1. The summed E-state index contributed by atoms with van der Waals surface area (Å²) in [6.45, 7) is 21.2. The first kappa shape index (κ1) is 41.5. The number of amides is 1. The van der Waals surface area contributed by atoms with Crippen molar-refractivity contribution in [2.24, 2.45) is 11.8 Å². The number of ether oxygens (including phenoxy) is 1. The summed E-state index contributed by atoms with van der Waals surface area (Å²) in [6.07, 6.45) is 14.8. The maximum absolute atomic E-state index is 13.7. The molecule has 1 aromatic heterocycles. The summed E-state index contributed by atoms with van der Waals surface area (Å²) >= 11 is 6.39. The number of aryl methyl sites for hydroxylation is 1. The summed E-state index contributed by atoms with van der Waals surface area (Å²) < 4.78 is 42.9. The van der Waals surface area contributed by atoms with Gasteiger partial charge in [0.05, 0.1) is 23.6 Å². The topological polar surface area (TPSA) is 97.8 Å². The minimum Gasteiger partial charge on any atom is -0.490 e. The Morgan fingerprint density at radius 3 is 2.64 bits per heavy atom. The average molecular weight is 785 g/mol. The summed E-state index contributed by atoms with van der Waals surface area (Å²) in [7, 11) is -5.94. The molecule has 1 saturated carbocycles. The molecule has 2 aromatic rings. The van der Waals surface area contributed by atoms with Gasteiger partial charge in [-0.15, -0.1) is 6.58 Å². The van der Waals surface area contributed by atoms with E-state index in [1.54, 1.807) is 12.1 Å². The molecule has 53 heavy (non-hydrogen) atoms. The number of aromatic nitrogens is 1. The van der Waals surface area contributed by atoms with Gasteiger partial charge in [-0.05, 0) is 118 Å². The molecule has 0 radical (unpaired) electrons. The van der Waals surface area contributed by atoms with Crippen molar-refractivity contribution in [1.82, 2.24) is 9.71 Å². The molecule has 5 rings (SSSR count). The third kappa shape index (κ3) is 9.42. The second-order valence-corrected chi connectivity index (χ2v) is 24.2. The Morgan fingerprint density at radius 1 is 1.21 bits per heavy atom. The first-order chi connectivity index (χ1) is 25.0. The fourth-order valence-corrected chi connectivity index (χ4v) is 10.8. The number of anilines is 1. The molecule has 11 heteroatoms. The van der Waals surface area contributed by atoms with Gasteiger partial charge in [-0.25, -0.2) is 18.1 Å². The zero-order valence-corrected chi connectivity index (χ0v) is 35.6. The molecule has 1 fully saturated rings. The van der Waals surface area contributed by atoms with Gasteiger partial charge in [0.25, 0.3) is 5.91 Å². The lowest BCUT2D eigenvalue weighted by molar-refractivity contribution is 0.0524. The van der Waals surface area contributed by atoms with Crippen LogP contribution in [0.15, 0.2) is 55.1 Å². The average Bonchev–Trinajstić information content (AvgIpc) is 3.22. The molecule has 0 saturated heterocycles. The summed E-state index contributed by atoms with van der Waals surface area (Å²) in [6, 6.07) is 9.33. The van der Waals surface area contributed by atoms with Gasteiger partial charge in [0.1, 0.15) is 10.9 Å². The van der Waals surface area contributed by atoms with E-state index >= 15 is 0 Å². The number of hydrogen-bond donors (Lipinski definition) is 1. The lowest BCUT2D eigenvalue weighted by atomic mass is 9.69. The van der Waals surface area contributed by atoms with Crippen LogP contribution in [0.2, 0.25) is 23.3 Å². The molecule has 3 aliphatic rings. The van der Waals surface area contributed by atoms with Gasteiger partial charge in [-0.3, -0.25) is 4.79 Å². The Labute approximate surface area is 325 Å². The van der Waals surface area contributed by atoms with Crippen LogP contribution < -0.4 is 14.4 Å². The number of carbonyl (C=O) groups is 1. The van der Waals surface area contributed by atoms with Crippen molar-refractivity contribution < 1.29 is 22.4 Å². The number of sulfonamides is 1. The number of fused-ring (bicyclic) bond motifs is 3. The molecular formula is C42H62ClN3O5SSi. The standard InChI is InChI=1S/C42H62ClN3O5SSi/c1-9-12-14-18-37(51-53(7,8)41(4,5)6)33-21-19-31(33)27-46-28-42(25-15-17-35-34(42)22-24-39(43)44-35)29-50-38-23-20-30(26-36(38)46)40(47)45-52(48,49)32(11-3)16-13-10-2/h10,14,18,20,22-24,26,31-33,37H,2,9,11-13,15-17,19,21,25,27-29H2,1,3-8H3,(H,45,47)/b18-14+/t31-,32+,33+,37-,42-/m0/s1. The second-order valence-electron chi connectivity index (χ2n) is 17.0. The highest BCUT2D eigenvalue weighted by molar-refractivity contribution is 7.90. The Balaban J connectivity index is 1.50. The van der Waals surface area contributed by atoms with Crippen LogP contribution in [0.3, 0.4) is 0 Å². The van der Waals surface area contributed by atoms with Crippen molar-refractivity contribution >= 4 is 41.5 Å². The van der Waals surface area contributed by atoms with Crippen molar-refractivity contribution in [3.05, 3.63) is 77.1 Å². The van der Waals surface area contributed by atoms with E-state index in [1.165, 1.54) is 5.56 Å². The van der Waals surface area contributed by atoms with Crippen LogP contribution >= 0.6 is 11.6 Å². The molecule has 2 aliphatic carbocycles. The maximum Gasteiger partial charge on any atom is 0.264 e. The second kappa shape index (κ2) is 17.0. The highest BCUT2D eigenvalue weighted by atomic mass is 35.5. The Hall–Kier alpha value is -2.66. The number of allylic oxidation sites excluding steroid dienone is 2. The van der Waals surface area contributed by atoms with Crippen LogP contribution in [-0.4, -0.2) is 58.7 Å². The number of hydrogen-bond acceptors (Lipinski definition) is 7. The van der Waals surface area contributed by atoms with Gasteiger partial charge >= 0.3 is 0 Å². The number of unbranched alkanes of at least 4 members (excludes halogenated alkanes) is 1. The molecule has 1 aromatic carbocycles. The quantitative estimate of drug-likeness (QED) is 0.109. The van der Waals surface area contributed by atoms with Gasteiger partial charge in [-0.1, -0.05) is 76.9 Å². The lowest BCUT2D eigenvalue weighted by Crippen LogP contribution is -2.52. The fourth-order valence-electron chi connectivity index (χ4n) is 7.97. The molecule has 1 aliphatic heterocycles. The Bertz CT molecular complexity index is 1760. The van der Waals surface area contributed by atoms with Crippen molar-refractivity contribution in [2.75, 3.05) is 24.6 Å². The first-order valence-electron chi connectivity index (χ1n) is 19.7. The van der Waals surface area contributed by atoms with Crippen molar-refractivity contribution in [2.45, 2.75) is 134 Å². The predicted molar refractivity (Wildman–Crippen MR) is 220 cm³/mol. The SMILES string of the molecule is C=CCC[C@@H](CC)S(=O)(=O)NC(=O)c1ccc2c(c1)N(C[C@@H]1CC[C@H]1[C@H](/C=C/CCC)O[Si](C)(C)C(C)(C)C)C[C@@]1(CCCc3nc(Cl)ccc31)CO2. The molecule has 1 amide bonds. The molecule has 292 valence electrons. The summed E-state index contributed by atoms with van der Waals surface area (Å²) in [5.41, 5.74) is 2.98. The van der Waals surface area contributed by atoms with Crippen LogP contribution in [0.4, 0.5) is 5.69 Å². The summed E-state index contributed by atoms with van der Waals surface area (Å²) in [4.78, 5) is 20.8. The van der Waals surface area contributed by atoms with Gasteiger partial charge in [0, 0.05) is 29.8 Å². The fraction of sp³-hybridized carbons (Fsp3) is 0.619. The molecule has 1 spiro atoms. The predicted octanol–water partition coefficient (Wildman–Crippen LogP) is 9.79.